The van der Waals surface area contributed by atoms with Crippen molar-refractivity contribution in [3.63, 3.8) is 0 Å². The first-order chi connectivity index (χ1) is 14.6. The van der Waals surface area contributed by atoms with E-state index in [1.165, 1.54) is 6.33 Å². The highest BCUT2D eigenvalue weighted by Crippen LogP contribution is 2.49. The quantitative estimate of drug-likeness (QED) is 0.416. The third-order valence-corrected chi connectivity index (χ3v) is 5.39. The number of aromatic nitrogens is 4. The molecule has 2 aromatic carbocycles. The summed E-state index contributed by atoms with van der Waals surface area (Å²) in [5, 5.41) is 11.4. The Kier molecular flexibility index (Phi) is 4.52. The predicted molar refractivity (Wildman–Crippen MR) is 114 cm³/mol. The molecule has 8 heteroatoms. The van der Waals surface area contributed by atoms with Gasteiger partial charge in [0, 0.05) is 22.0 Å². The monoisotopic (exact) mass is 419 g/mol. The molecule has 0 bridgehead atoms. The lowest BCUT2D eigenvalue weighted by Gasteiger charge is -2.27. The molecule has 1 aliphatic heterocycles. The lowest BCUT2D eigenvalue weighted by atomic mass is 9.84. The molecule has 150 valence electrons. The van der Waals surface area contributed by atoms with Crippen molar-refractivity contribution < 1.29 is 9.47 Å². The molecule has 30 heavy (non-hydrogen) atoms. The number of methoxy groups -OCH3 is 1. The van der Waals surface area contributed by atoms with Crippen LogP contribution >= 0.6 is 11.6 Å². The van der Waals surface area contributed by atoms with Crippen molar-refractivity contribution in [3.05, 3.63) is 82.3 Å². The largest absolute Gasteiger partial charge is 0.497 e. The van der Waals surface area contributed by atoms with Gasteiger partial charge < -0.3 is 14.8 Å². The van der Waals surface area contributed by atoms with Crippen molar-refractivity contribution in [2.45, 2.75) is 12.8 Å². The van der Waals surface area contributed by atoms with Gasteiger partial charge in [0.2, 0.25) is 11.8 Å². The average Bonchev–Trinajstić information content (AvgIpc) is 3.14. The van der Waals surface area contributed by atoms with E-state index in [9.17, 15) is 0 Å². The first kappa shape index (κ1) is 18.4. The van der Waals surface area contributed by atoms with E-state index in [2.05, 4.69) is 25.5 Å². The van der Waals surface area contributed by atoms with Gasteiger partial charge in [0.1, 0.15) is 17.9 Å². The molecule has 1 unspecified atom stereocenters. The molecular formula is C22H18ClN5O2. The van der Waals surface area contributed by atoms with E-state index in [0.29, 0.717) is 22.6 Å². The predicted octanol–water partition coefficient (Wildman–Crippen LogP) is 5.20. The van der Waals surface area contributed by atoms with Crippen LogP contribution in [0.5, 0.6) is 17.5 Å². The second-order valence-electron chi connectivity index (χ2n) is 6.95. The third kappa shape index (κ3) is 3.13. The van der Waals surface area contributed by atoms with Gasteiger partial charge in [-0.2, -0.15) is 0 Å². The molecular weight excluding hydrogens is 402 g/mol. The summed E-state index contributed by atoms with van der Waals surface area (Å²) in [6.07, 6.45) is 1.48. The lowest BCUT2D eigenvalue weighted by Crippen LogP contribution is -2.15. The van der Waals surface area contributed by atoms with Gasteiger partial charge in [0.25, 0.3) is 0 Å². The Morgan fingerprint density at radius 1 is 1.00 bits per heavy atom. The van der Waals surface area contributed by atoms with Gasteiger partial charge >= 0.3 is 0 Å². The van der Waals surface area contributed by atoms with Crippen LogP contribution in [-0.2, 0) is 0 Å². The molecule has 0 fully saturated rings. The van der Waals surface area contributed by atoms with Crippen LogP contribution < -0.4 is 14.8 Å². The Morgan fingerprint density at radius 2 is 1.77 bits per heavy atom. The third-order valence-electron chi connectivity index (χ3n) is 5.13. The molecule has 0 saturated heterocycles. The number of halogens is 1. The van der Waals surface area contributed by atoms with Crippen LogP contribution in [0, 0.1) is 6.92 Å². The van der Waals surface area contributed by atoms with Crippen molar-refractivity contribution in [2.75, 3.05) is 12.4 Å². The minimum Gasteiger partial charge on any atom is -0.497 e. The molecule has 0 aliphatic carbocycles. The topological polar surface area (TPSA) is 85.0 Å². The first-order valence-electron chi connectivity index (χ1n) is 9.38. The number of H-pyrrole nitrogens is 1. The molecule has 7 nitrogen and oxygen atoms in total. The number of aromatic amines is 1. The van der Waals surface area contributed by atoms with Crippen molar-refractivity contribution in [3.8, 4) is 17.5 Å². The van der Waals surface area contributed by atoms with Crippen LogP contribution in [0.1, 0.15) is 28.3 Å². The Balaban J connectivity index is 1.65. The highest BCUT2D eigenvalue weighted by Gasteiger charge is 2.36. The summed E-state index contributed by atoms with van der Waals surface area (Å²) in [6.45, 7) is 1.98. The number of benzene rings is 2. The van der Waals surface area contributed by atoms with Crippen molar-refractivity contribution in [1.29, 1.82) is 0 Å². The number of aryl methyl sites for hydroxylation is 1. The van der Waals surface area contributed by atoms with Gasteiger partial charge in [0.05, 0.1) is 18.6 Å². The summed E-state index contributed by atoms with van der Waals surface area (Å²) in [6, 6.07) is 15.4. The van der Waals surface area contributed by atoms with E-state index in [1.807, 2.05) is 55.5 Å². The molecule has 1 aliphatic rings. The number of ether oxygens (including phenoxy) is 2. The van der Waals surface area contributed by atoms with E-state index in [1.54, 1.807) is 7.11 Å². The molecule has 0 saturated carbocycles. The molecule has 0 amide bonds. The normalized spacial score (nSPS) is 14.4. The maximum atomic E-state index is 6.13. The molecule has 2 N–H and O–H groups in total. The summed E-state index contributed by atoms with van der Waals surface area (Å²) in [4.78, 5) is 8.90. The van der Waals surface area contributed by atoms with Crippen molar-refractivity contribution >= 4 is 23.1 Å². The number of hydrogen-bond acceptors (Lipinski definition) is 6. The van der Waals surface area contributed by atoms with Gasteiger partial charge in [-0.3, -0.25) is 5.10 Å². The van der Waals surface area contributed by atoms with Gasteiger partial charge in [-0.15, -0.1) is 5.10 Å². The Labute approximate surface area is 178 Å². The van der Waals surface area contributed by atoms with Gasteiger partial charge in [-0.25, -0.2) is 9.97 Å². The van der Waals surface area contributed by atoms with Crippen LogP contribution in [0.25, 0.3) is 0 Å². The Hall–Kier alpha value is -3.58. The van der Waals surface area contributed by atoms with Crippen molar-refractivity contribution in [2.24, 2.45) is 0 Å². The molecule has 0 spiro atoms. The van der Waals surface area contributed by atoms with Gasteiger partial charge in [0.15, 0.2) is 0 Å². The minimum absolute atomic E-state index is 0.165. The number of rotatable bonds is 4. The number of fused-ring (bicyclic) bond motifs is 2. The first-order valence-corrected chi connectivity index (χ1v) is 9.76. The number of anilines is 2. The highest BCUT2D eigenvalue weighted by molar-refractivity contribution is 6.30. The zero-order valence-electron chi connectivity index (χ0n) is 16.3. The van der Waals surface area contributed by atoms with E-state index in [-0.39, 0.29) is 5.92 Å². The second-order valence-corrected chi connectivity index (χ2v) is 7.39. The van der Waals surface area contributed by atoms with Crippen LogP contribution in [0.2, 0.25) is 5.02 Å². The second kappa shape index (κ2) is 7.35. The maximum Gasteiger partial charge on any atom is 0.244 e. The average molecular weight is 420 g/mol. The molecule has 4 aromatic rings. The number of hydrogen-bond donors (Lipinski definition) is 2. The van der Waals surface area contributed by atoms with Crippen LogP contribution in [-0.4, -0.2) is 27.3 Å². The molecule has 1 atom stereocenters. The van der Waals surface area contributed by atoms with Crippen LogP contribution in [0.3, 0.4) is 0 Å². The summed E-state index contributed by atoms with van der Waals surface area (Å²) >= 11 is 6.13. The Bertz CT molecular complexity index is 1210. The van der Waals surface area contributed by atoms with E-state index in [4.69, 9.17) is 21.1 Å². The summed E-state index contributed by atoms with van der Waals surface area (Å²) < 4.78 is 11.3. The SMILES string of the molecule is COc1ccc(Nc2ncnc3c2C(c2ccc(Cl)cc2)c2c(n[nH]c2C)O3)cc1. The molecule has 0 radical (unpaired) electrons. The summed E-state index contributed by atoms with van der Waals surface area (Å²) in [7, 11) is 1.64. The van der Waals surface area contributed by atoms with E-state index < -0.39 is 0 Å². The van der Waals surface area contributed by atoms with E-state index >= 15 is 0 Å². The lowest BCUT2D eigenvalue weighted by molar-refractivity contribution is 0.414. The maximum absolute atomic E-state index is 6.13. The zero-order valence-corrected chi connectivity index (χ0v) is 17.1. The van der Waals surface area contributed by atoms with Crippen LogP contribution in [0.15, 0.2) is 54.9 Å². The standard InChI is InChI=1S/C22H18ClN5O2/c1-12-17-18(13-3-5-14(23)6-4-13)19-20(26-15-7-9-16(29-2)10-8-15)24-11-25-21(19)30-22(17)28-27-12/h3-11,18H,1-2H3,(H,27,28)(H,24,25,26). The Morgan fingerprint density at radius 3 is 2.50 bits per heavy atom. The molecule has 3 heterocycles. The zero-order chi connectivity index (χ0) is 20.7. The minimum atomic E-state index is -0.165. The van der Waals surface area contributed by atoms with Crippen molar-refractivity contribution in [1.82, 2.24) is 20.2 Å². The van der Waals surface area contributed by atoms with E-state index in [0.717, 1.165) is 33.8 Å². The fraction of sp³-hybridized carbons (Fsp3) is 0.136. The highest BCUT2D eigenvalue weighted by atomic mass is 35.5. The number of nitrogens with zero attached hydrogens (tertiary/aromatic N) is 3. The molecule has 2 aromatic heterocycles. The van der Waals surface area contributed by atoms with Crippen LogP contribution in [0.4, 0.5) is 11.5 Å². The summed E-state index contributed by atoms with van der Waals surface area (Å²) in [5.74, 6) is 2.28. The van der Waals surface area contributed by atoms with Gasteiger partial charge in [-0.1, -0.05) is 23.7 Å². The smallest absolute Gasteiger partial charge is 0.244 e. The fourth-order valence-electron chi connectivity index (χ4n) is 3.69. The van der Waals surface area contributed by atoms with Gasteiger partial charge in [-0.05, 0) is 48.9 Å². The molecule has 5 rings (SSSR count). The number of nitrogens with one attached hydrogen (secondary N) is 2. The summed E-state index contributed by atoms with van der Waals surface area (Å²) in [5.41, 5.74) is 4.64. The fourth-order valence-corrected chi connectivity index (χ4v) is 3.82.